The molecule has 1 aromatic carbocycles. The molecule has 0 aliphatic carbocycles. The second-order valence-electron chi connectivity index (χ2n) is 6.39. The van der Waals surface area contributed by atoms with Crippen LogP contribution in [-0.2, 0) is 10.0 Å². The van der Waals surface area contributed by atoms with Crippen LogP contribution in [0.5, 0.6) is 0 Å². The predicted molar refractivity (Wildman–Crippen MR) is 85.7 cm³/mol. The average molecular weight is 390 g/mol. The van der Waals surface area contributed by atoms with Crippen LogP contribution in [0.2, 0.25) is 0 Å². The summed E-state index contributed by atoms with van der Waals surface area (Å²) >= 11 is 0. The number of sulfonamides is 1. The second-order valence-corrected chi connectivity index (χ2v) is 8.32. The largest absolute Gasteiger partial charge is 0.511 e. The first kappa shape index (κ1) is 18.8. The van der Waals surface area contributed by atoms with Crippen LogP contribution in [-0.4, -0.2) is 54.6 Å². The van der Waals surface area contributed by atoms with E-state index in [1.54, 1.807) is 24.3 Å². The number of carbonyl (C=O) groups excluding carboxylic acids is 2. The summed E-state index contributed by atoms with van der Waals surface area (Å²) in [5, 5.41) is 0. The van der Waals surface area contributed by atoms with Crippen molar-refractivity contribution in [1.29, 1.82) is 0 Å². The van der Waals surface area contributed by atoms with Gasteiger partial charge in [-0.05, 0) is 37.3 Å². The molecule has 1 fully saturated rings. The van der Waals surface area contributed by atoms with E-state index in [1.165, 1.54) is 0 Å². The Labute approximate surface area is 148 Å². The van der Waals surface area contributed by atoms with Gasteiger partial charge in [0, 0.05) is 19.6 Å². The molecule has 10 heteroatoms. The number of benzene rings is 1. The molecule has 0 N–H and O–H groups in total. The van der Waals surface area contributed by atoms with Gasteiger partial charge in [-0.3, -0.25) is 14.5 Å². The van der Waals surface area contributed by atoms with Gasteiger partial charge in [0.15, 0.2) is 0 Å². The van der Waals surface area contributed by atoms with Crippen LogP contribution >= 0.6 is 0 Å². The first-order chi connectivity index (χ1) is 12.1. The van der Waals surface area contributed by atoms with Crippen LogP contribution in [0.3, 0.4) is 0 Å². The van der Waals surface area contributed by atoms with Crippen LogP contribution in [0, 0.1) is 5.92 Å². The van der Waals surface area contributed by atoms with Gasteiger partial charge in [-0.25, -0.2) is 8.42 Å². The summed E-state index contributed by atoms with van der Waals surface area (Å²) in [6.45, 7) is -0.258. The Morgan fingerprint density at radius 3 is 1.96 bits per heavy atom. The first-order valence-electron chi connectivity index (χ1n) is 8.14. The number of hydrogen-bond acceptors (Lipinski definition) is 4. The van der Waals surface area contributed by atoms with E-state index in [0.29, 0.717) is 21.9 Å². The second kappa shape index (κ2) is 6.66. The Morgan fingerprint density at radius 1 is 1.00 bits per heavy atom. The zero-order valence-electron chi connectivity index (χ0n) is 13.7. The molecule has 0 saturated carbocycles. The average Bonchev–Trinajstić information content (AvgIpc) is 2.84. The molecular formula is C16H17F3N2O4S. The molecule has 0 aromatic heterocycles. The van der Waals surface area contributed by atoms with E-state index < -0.39 is 15.5 Å². The fourth-order valence-electron chi connectivity index (χ4n) is 3.34. The maximum Gasteiger partial charge on any atom is 0.511 e. The summed E-state index contributed by atoms with van der Waals surface area (Å²) in [5.74, 6) is -0.788. The number of imide groups is 1. The Morgan fingerprint density at radius 2 is 1.50 bits per heavy atom. The zero-order valence-corrected chi connectivity index (χ0v) is 14.5. The van der Waals surface area contributed by atoms with E-state index in [1.807, 2.05) is 0 Å². The lowest BCUT2D eigenvalue weighted by Gasteiger charge is -2.32. The van der Waals surface area contributed by atoms with Gasteiger partial charge in [0.1, 0.15) is 0 Å². The number of carbonyl (C=O) groups is 2. The quantitative estimate of drug-likeness (QED) is 0.739. The van der Waals surface area contributed by atoms with Gasteiger partial charge in [-0.1, -0.05) is 12.1 Å². The molecule has 3 rings (SSSR count). The third-order valence-corrected chi connectivity index (χ3v) is 6.48. The van der Waals surface area contributed by atoms with Crippen molar-refractivity contribution >= 4 is 21.8 Å². The summed E-state index contributed by atoms with van der Waals surface area (Å²) in [6, 6.07) is 6.50. The summed E-state index contributed by atoms with van der Waals surface area (Å²) in [5.41, 5.74) is -4.59. The maximum atomic E-state index is 12.6. The summed E-state index contributed by atoms with van der Waals surface area (Å²) in [6.07, 6.45) is 0.961. The third-order valence-electron chi connectivity index (χ3n) is 4.85. The number of rotatable bonds is 4. The molecule has 142 valence electrons. The Kier molecular flexibility index (Phi) is 4.82. The minimum atomic E-state index is -5.29. The number of hydrogen-bond donors (Lipinski definition) is 0. The summed E-state index contributed by atoms with van der Waals surface area (Å²) in [4.78, 5) is 25.7. The molecule has 1 saturated heterocycles. The van der Waals surface area contributed by atoms with Crippen molar-refractivity contribution in [2.75, 3.05) is 19.6 Å². The summed E-state index contributed by atoms with van der Waals surface area (Å²) < 4.78 is 61.0. The van der Waals surface area contributed by atoms with Crippen LogP contribution in [0.15, 0.2) is 24.3 Å². The fraction of sp³-hybridized carbons (Fsp3) is 0.500. The van der Waals surface area contributed by atoms with Gasteiger partial charge in [0.2, 0.25) is 0 Å². The molecule has 6 nitrogen and oxygen atoms in total. The van der Waals surface area contributed by atoms with Gasteiger partial charge in [0.25, 0.3) is 11.8 Å². The monoisotopic (exact) mass is 390 g/mol. The highest BCUT2D eigenvalue weighted by molar-refractivity contribution is 7.90. The van der Waals surface area contributed by atoms with Crippen molar-refractivity contribution < 1.29 is 31.2 Å². The minimum Gasteiger partial charge on any atom is -0.274 e. The van der Waals surface area contributed by atoms with Crippen molar-refractivity contribution in [3.05, 3.63) is 35.4 Å². The number of nitrogens with zero attached hydrogens (tertiary/aromatic N) is 2. The zero-order chi connectivity index (χ0) is 19.1. The molecule has 2 amide bonds. The Hall–Kier alpha value is -1.94. The lowest BCUT2D eigenvalue weighted by Crippen LogP contribution is -2.45. The highest BCUT2D eigenvalue weighted by Gasteiger charge is 2.50. The van der Waals surface area contributed by atoms with E-state index >= 15 is 0 Å². The molecular weight excluding hydrogens is 373 g/mol. The highest BCUT2D eigenvalue weighted by atomic mass is 32.2. The molecule has 2 aliphatic heterocycles. The predicted octanol–water partition coefficient (Wildman–Crippen LogP) is 2.23. The van der Waals surface area contributed by atoms with E-state index in [9.17, 15) is 31.2 Å². The Balaban J connectivity index is 1.56. The van der Waals surface area contributed by atoms with Gasteiger partial charge >= 0.3 is 15.5 Å². The molecule has 2 heterocycles. The van der Waals surface area contributed by atoms with Gasteiger partial charge in [-0.2, -0.15) is 17.5 Å². The number of piperidine rings is 1. The van der Waals surface area contributed by atoms with Gasteiger partial charge in [-0.15, -0.1) is 0 Å². The van der Waals surface area contributed by atoms with Crippen LogP contribution in [0.25, 0.3) is 0 Å². The van der Waals surface area contributed by atoms with Crippen LogP contribution in [0.1, 0.15) is 40.0 Å². The summed E-state index contributed by atoms with van der Waals surface area (Å²) in [7, 11) is -5.29. The normalized spacial score (nSPS) is 19.9. The maximum absolute atomic E-state index is 12.6. The molecule has 0 unspecified atom stereocenters. The molecule has 0 spiro atoms. The molecule has 0 atom stereocenters. The molecule has 0 radical (unpaired) electrons. The smallest absolute Gasteiger partial charge is 0.274 e. The first-order valence-corrected chi connectivity index (χ1v) is 9.58. The van der Waals surface area contributed by atoms with E-state index in [0.717, 1.165) is 4.90 Å². The standard InChI is InChI=1S/C16H17F3N2O4S/c17-16(18,19)26(24,25)20-8-5-11(6-9-20)7-10-21-14(22)12-3-1-2-4-13(12)15(21)23/h1-4,11H,5-10H2. The molecule has 26 heavy (non-hydrogen) atoms. The van der Waals surface area contributed by atoms with Crippen molar-refractivity contribution in [3.63, 3.8) is 0 Å². The lowest BCUT2D eigenvalue weighted by atomic mass is 9.94. The Bertz CT molecular complexity index is 795. The molecule has 1 aromatic rings. The molecule has 2 aliphatic rings. The SMILES string of the molecule is O=C1c2ccccc2C(=O)N1CCC1CCN(S(=O)(=O)C(F)(F)F)CC1. The van der Waals surface area contributed by atoms with Crippen LogP contribution in [0.4, 0.5) is 13.2 Å². The van der Waals surface area contributed by atoms with Crippen LogP contribution < -0.4 is 0 Å². The molecule has 0 bridgehead atoms. The highest BCUT2D eigenvalue weighted by Crippen LogP contribution is 2.31. The number of fused-ring (bicyclic) bond motifs is 1. The fourth-order valence-corrected chi connectivity index (χ4v) is 4.32. The topological polar surface area (TPSA) is 74.8 Å². The van der Waals surface area contributed by atoms with Gasteiger partial charge < -0.3 is 0 Å². The van der Waals surface area contributed by atoms with Crippen molar-refractivity contribution in [2.24, 2.45) is 5.92 Å². The number of alkyl halides is 3. The van der Waals surface area contributed by atoms with E-state index in [4.69, 9.17) is 0 Å². The third kappa shape index (κ3) is 3.23. The van der Waals surface area contributed by atoms with E-state index in [2.05, 4.69) is 0 Å². The van der Waals surface area contributed by atoms with E-state index in [-0.39, 0.29) is 50.2 Å². The van der Waals surface area contributed by atoms with Crippen molar-refractivity contribution in [3.8, 4) is 0 Å². The minimum absolute atomic E-state index is 0.0426. The lowest BCUT2D eigenvalue weighted by molar-refractivity contribution is -0.0497. The van der Waals surface area contributed by atoms with Crippen molar-refractivity contribution in [1.82, 2.24) is 9.21 Å². The number of amides is 2. The van der Waals surface area contributed by atoms with Crippen molar-refractivity contribution in [2.45, 2.75) is 24.8 Å². The van der Waals surface area contributed by atoms with Gasteiger partial charge in [0.05, 0.1) is 11.1 Å². The number of halogens is 3.